The van der Waals surface area contributed by atoms with E-state index in [1.807, 2.05) is 7.05 Å². The van der Waals surface area contributed by atoms with Crippen molar-refractivity contribution < 1.29 is 13.3 Å². The predicted octanol–water partition coefficient (Wildman–Crippen LogP) is 1.28. The second kappa shape index (κ2) is 6.08. The monoisotopic (exact) mass is 313 g/mol. The molecule has 0 spiro atoms. The fourth-order valence-corrected chi connectivity index (χ4v) is 4.15. The quantitative estimate of drug-likeness (QED) is 0.667. The Hall–Kier alpha value is -1.51. The number of sulfonamides is 1. The van der Waals surface area contributed by atoms with Gasteiger partial charge in [0.05, 0.1) is 9.82 Å². The van der Waals surface area contributed by atoms with E-state index in [9.17, 15) is 18.5 Å². The predicted molar refractivity (Wildman–Crippen MR) is 78.7 cm³/mol. The number of benzene rings is 1. The molecule has 0 aliphatic carbocycles. The maximum atomic E-state index is 12.6. The molecular formula is C13H19N3O4S. The van der Waals surface area contributed by atoms with Crippen LogP contribution in [0.2, 0.25) is 0 Å². The van der Waals surface area contributed by atoms with Crippen molar-refractivity contribution in [2.45, 2.75) is 30.7 Å². The van der Waals surface area contributed by atoms with Crippen LogP contribution in [-0.2, 0) is 10.0 Å². The van der Waals surface area contributed by atoms with Crippen molar-refractivity contribution in [1.82, 2.24) is 9.62 Å². The van der Waals surface area contributed by atoms with Crippen LogP contribution in [0.15, 0.2) is 23.1 Å². The first kappa shape index (κ1) is 15.9. The number of piperidine rings is 1. The van der Waals surface area contributed by atoms with Crippen LogP contribution >= 0.6 is 0 Å². The van der Waals surface area contributed by atoms with Crippen molar-refractivity contribution in [3.63, 3.8) is 0 Å². The molecule has 8 heteroatoms. The van der Waals surface area contributed by atoms with E-state index < -0.39 is 14.9 Å². The molecule has 0 radical (unpaired) electrons. The number of nitrogens with one attached hydrogen (secondary N) is 1. The number of hydrogen-bond acceptors (Lipinski definition) is 5. The lowest BCUT2D eigenvalue weighted by atomic mass is 10.1. The van der Waals surface area contributed by atoms with E-state index >= 15 is 0 Å². The lowest BCUT2D eigenvalue weighted by molar-refractivity contribution is -0.385. The molecule has 1 aromatic rings. The van der Waals surface area contributed by atoms with E-state index in [4.69, 9.17) is 0 Å². The number of hydrogen-bond donors (Lipinski definition) is 1. The number of rotatable bonds is 4. The smallest absolute Gasteiger partial charge is 0.272 e. The Labute approximate surface area is 124 Å². The van der Waals surface area contributed by atoms with Crippen LogP contribution in [0.5, 0.6) is 0 Å². The maximum absolute atomic E-state index is 12.6. The van der Waals surface area contributed by atoms with E-state index in [-0.39, 0.29) is 16.6 Å². The molecule has 2 rings (SSSR count). The molecule has 1 aliphatic rings. The molecule has 1 saturated heterocycles. The lowest BCUT2D eigenvalue weighted by Crippen LogP contribution is -2.46. The highest BCUT2D eigenvalue weighted by Crippen LogP contribution is 2.25. The van der Waals surface area contributed by atoms with E-state index in [1.54, 1.807) is 6.92 Å². The van der Waals surface area contributed by atoms with E-state index in [1.165, 1.54) is 22.5 Å². The van der Waals surface area contributed by atoms with Crippen LogP contribution in [0.1, 0.15) is 18.4 Å². The molecule has 1 aromatic carbocycles. The first-order valence-corrected chi connectivity index (χ1v) is 8.22. The summed E-state index contributed by atoms with van der Waals surface area (Å²) in [5.41, 5.74) is 0.281. The van der Waals surface area contributed by atoms with Crippen molar-refractivity contribution in [3.05, 3.63) is 33.9 Å². The third-order valence-corrected chi connectivity index (χ3v) is 5.66. The zero-order chi connectivity index (χ0) is 15.6. The summed E-state index contributed by atoms with van der Waals surface area (Å²) >= 11 is 0. The molecule has 0 saturated carbocycles. The lowest BCUT2D eigenvalue weighted by Gasteiger charge is -2.31. The Morgan fingerprint density at radius 2 is 2.14 bits per heavy atom. The van der Waals surface area contributed by atoms with Crippen molar-refractivity contribution in [2.24, 2.45) is 0 Å². The van der Waals surface area contributed by atoms with Gasteiger partial charge in [0.1, 0.15) is 0 Å². The summed E-state index contributed by atoms with van der Waals surface area (Å²) in [7, 11) is -1.78. The van der Waals surface area contributed by atoms with Crippen LogP contribution < -0.4 is 5.32 Å². The largest absolute Gasteiger partial charge is 0.316 e. The molecule has 1 unspecified atom stereocenters. The normalized spacial score (nSPS) is 20.4. The minimum atomic E-state index is -3.60. The molecule has 116 valence electrons. The van der Waals surface area contributed by atoms with Gasteiger partial charge >= 0.3 is 0 Å². The summed E-state index contributed by atoms with van der Waals surface area (Å²) in [6.07, 6.45) is 1.75. The van der Waals surface area contributed by atoms with E-state index in [0.717, 1.165) is 12.8 Å². The van der Waals surface area contributed by atoms with Gasteiger partial charge in [0, 0.05) is 30.8 Å². The summed E-state index contributed by atoms with van der Waals surface area (Å²) in [6.45, 7) is 2.45. The van der Waals surface area contributed by atoms with Gasteiger partial charge in [0.15, 0.2) is 0 Å². The Kier molecular flexibility index (Phi) is 4.60. The average Bonchev–Trinajstić information content (AvgIpc) is 2.46. The highest BCUT2D eigenvalue weighted by atomic mass is 32.2. The summed E-state index contributed by atoms with van der Waals surface area (Å²) in [5, 5.41) is 13.9. The fraction of sp³-hybridized carbons (Fsp3) is 0.538. The molecule has 1 N–H and O–H groups in total. The molecule has 1 atom stereocenters. The second-order valence-electron chi connectivity index (χ2n) is 5.20. The van der Waals surface area contributed by atoms with Crippen LogP contribution in [0.25, 0.3) is 0 Å². The van der Waals surface area contributed by atoms with Crippen molar-refractivity contribution in [1.29, 1.82) is 0 Å². The Morgan fingerprint density at radius 1 is 1.43 bits per heavy atom. The SMILES string of the molecule is CNC1CCCN(S(=O)(=O)c2ccc([N+](=O)[O-])c(C)c2)C1. The molecule has 0 aromatic heterocycles. The Morgan fingerprint density at radius 3 is 2.71 bits per heavy atom. The molecule has 0 bridgehead atoms. The summed E-state index contributed by atoms with van der Waals surface area (Å²) in [4.78, 5) is 10.4. The molecular weight excluding hydrogens is 294 g/mol. The van der Waals surface area contributed by atoms with E-state index in [2.05, 4.69) is 5.32 Å². The van der Waals surface area contributed by atoms with Gasteiger partial charge in [-0.05, 0) is 38.9 Å². The number of nitrogens with zero attached hydrogens (tertiary/aromatic N) is 2. The highest BCUT2D eigenvalue weighted by Gasteiger charge is 2.30. The van der Waals surface area contributed by atoms with Gasteiger partial charge < -0.3 is 5.32 Å². The number of nitro benzene ring substituents is 1. The molecule has 7 nitrogen and oxygen atoms in total. The van der Waals surface area contributed by atoms with Crippen molar-refractivity contribution in [3.8, 4) is 0 Å². The van der Waals surface area contributed by atoms with Gasteiger partial charge in [-0.25, -0.2) is 8.42 Å². The molecule has 0 amide bonds. The number of aryl methyl sites for hydroxylation is 1. The molecule has 1 fully saturated rings. The number of likely N-dealkylation sites (N-methyl/N-ethyl adjacent to an activating group) is 1. The maximum Gasteiger partial charge on any atom is 0.272 e. The first-order valence-electron chi connectivity index (χ1n) is 6.78. The van der Waals surface area contributed by atoms with Gasteiger partial charge in [0.2, 0.25) is 10.0 Å². The molecule has 1 aliphatic heterocycles. The minimum absolute atomic E-state index is 0.0688. The van der Waals surface area contributed by atoms with Gasteiger partial charge in [-0.15, -0.1) is 0 Å². The van der Waals surface area contributed by atoms with Crippen molar-refractivity contribution >= 4 is 15.7 Å². The molecule has 21 heavy (non-hydrogen) atoms. The van der Waals surface area contributed by atoms with Gasteiger partial charge in [-0.2, -0.15) is 4.31 Å². The van der Waals surface area contributed by atoms with Crippen molar-refractivity contribution in [2.75, 3.05) is 20.1 Å². The number of nitro groups is 1. The molecule has 1 heterocycles. The average molecular weight is 313 g/mol. The summed E-state index contributed by atoms with van der Waals surface area (Å²) < 4.78 is 26.7. The Balaban J connectivity index is 2.31. The third kappa shape index (κ3) is 3.22. The third-order valence-electron chi connectivity index (χ3n) is 3.80. The summed E-state index contributed by atoms with van der Waals surface area (Å²) in [5.74, 6) is 0. The van der Waals surface area contributed by atoms with Gasteiger partial charge in [-0.1, -0.05) is 0 Å². The topological polar surface area (TPSA) is 92.6 Å². The fourth-order valence-electron chi connectivity index (χ4n) is 2.54. The van der Waals surface area contributed by atoms with Crippen LogP contribution in [0, 0.1) is 17.0 Å². The minimum Gasteiger partial charge on any atom is -0.316 e. The summed E-state index contributed by atoms with van der Waals surface area (Å²) in [6, 6.07) is 4.08. The Bertz CT molecular complexity index is 645. The van der Waals surface area contributed by atoms with E-state index in [0.29, 0.717) is 18.7 Å². The highest BCUT2D eigenvalue weighted by molar-refractivity contribution is 7.89. The van der Waals surface area contributed by atoms with Crippen LogP contribution in [0.3, 0.4) is 0 Å². The second-order valence-corrected chi connectivity index (χ2v) is 7.13. The van der Waals surface area contributed by atoms with Gasteiger partial charge in [-0.3, -0.25) is 10.1 Å². The van der Waals surface area contributed by atoms with Gasteiger partial charge in [0.25, 0.3) is 5.69 Å². The van der Waals surface area contributed by atoms with Crippen LogP contribution in [-0.4, -0.2) is 43.8 Å². The zero-order valence-electron chi connectivity index (χ0n) is 12.1. The van der Waals surface area contributed by atoms with Crippen LogP contribution in [0.4, 0.5) is 5.69 Å². The first-order chi connectivity index (χ1) is 9.86. The zero-order valence-corrected chi connectivity index (χ0v) is 12.9. The standard InChI is InChI=1S/C13H19N3O4S/c1-10-8-12(5-6-13(10)16(17)18)21(19,20)15-7-3-4-11(9-15)14-2/h5-6,8,11,14H,3-4,7,9H2,1-2H3.